The normalized spacial score (nSPS) is 27.8. The lowest BCUT2D eigenvalue weighted by Crippen LogP contribution is -2.42. The van der Waals surface area contributed by atoms with Gasteiger partial charge in [0.1, 0.15) is 6.10 Å². The first-order valence-electron chi connectivity index (χ1n) is 8.21. The number of fused-ring (bicyclic) bond motifs is 1. The number of nitrogens with one attached hydrogen (secondary N) is 1. The van der Waals surface area contributed by atoms with Crippen LogP contribution in [0.3, 0.4) is 0 Å². The molecule has 0 saturated carbocycles. The second-order valence-electron chi connectivity index (χ2n) is 6.32. The van der Waals surface area contributed by atoms with Crippen molar-refractivity contribution in [3.05, 3.63) is 16.1 Å². The van der Waals surface area contributed by atoms with E-state index in [1.807, 2.05) is 6.92 Å². The van der Waals surface area contributed by atoms with Crippen LogP contribution in [-0.4, -0.2) is 61.3 Å². The molecule has 2 aliphatic rings. The van der Waals surface area contributed by atoms with Gasteiger partial charge in [0.25, 0.3) is 0 Å². The van der Waals surface area contributed by atoms with Gasteiger partial charge in [-0.1, -0.05) is 0 Å². The molecule has 0 radical (unpaired) electrons. The third kappa shape index (κ3) is 4.29. The van der Waals surface area contributed by atoms with Gasteiger partial charge in [0, 0.05) is 32.1 Å². The number of methoxy groups -OCH3 is 1. The molecule has 0 spiro atoms. The standard InChI is InChI=1S/C16H25N3O3S/c1-11-18-13(10-23-11)8-19-5-3-12-7-14(22-15(12)9-19)16(20)17-4-6-21-2/h10,12,14-15H,3-9H2,1-2H3,(H,17,20)/t12-,14+,15-/m0/s1. The molecule has 0 aliphatic carbocycles. The number of rotatable bonds is 6. The molecule has 3 rings (SSSR count). The molecule has 0 bridgehead atoms. The van der Waals surface area contributed by atoms with Gasteiger partial charge in [-0.3, -0.25) is 9.69 Å². The smallest absolute Gasteiger partial charge is 0.249 e. The van der Waals surface area contributed by atoms with Crippen molar-refractivity contribution in [2.75, 3.05) is 33.4 Å². The van der Waals surface area contributed by atoms with Gasteiger partial charge in [-0.05, 0) is 32.2 Å². The Labute approximate surface area is 141 Å². The van der Waals surface area contributed by atoms with E-state index in [0.29, 0.717) is 19.1 Å². The first-order chi connectivity index (χ1) is 11.2. The topological polar surface area (TPSA) is 63.7 Å². The lowest BCUT2D eigenvalue weighted by molar-refractivity contribution is -0.133. The van der Waals surface area contributed by atoms with Crippen molar-refractivity contribution in [1.29, 1.82) is 0 Å². The van der Waals surface area contributed by atoms with Gasteiger partial charge in [-0.25, -0.2) is 4.98 Å². The average Bonchev–Trinajstić information content (AvgIpc) is 3.13. The number of aromatic nitrogens is 1. The maximum Gasteiger partial charge on any atom is 0.249 e. The third-order valence-electron chi connectivity index (χ3n) is 4.59. The van der Waals surface area contributed by atoms with Gasteiger partial charge in [0.05, 0.1) is 23.4 Å². The van der Waals surface area contributed by atoms with Crippen LogP contribution in [0.15, 0.2) is 5.38 Å². The second kappa shape index (κ2) is 7.70. The maximum absolute atomic E-state index is 12.1. The van der Waals surface area contributed by atoms with E-state index in [4.69, 9.17) is 9.47 Å². The number of ether oxygens (including phenoxy) is 2. The number of likely N-dealkylation sites (tertiary alicyclic amines) is 1. The predicted octanol–water partition coefficient (Wildman–Crippen LogP) is 1.19. The summed E-state index contributed by atoms with van der Waals surface area (Å²) >= 11 is 1.69. The minimum Gasteiger partial charge on any atom is -0.383 e. The zero-order valence-electron chi connectivity index (χ0n) is 13.8. The van der Waals surface area contributed by atoms with E-state index in [1.54, 1.807) is 18.4 Å². The van der Waals surface area contributed by atoms with Crippen molar-refractivity contribution in [3.63, 3.8) is 0 Å². The number of aryl methyl sites for hydroxylation is 1. The van der Waals surface area contributed by atoms with Crippen LogP contribution in [0.25, 0.3) is 0 Å². The number of piperidine rings is 1. The van der Waals surface area contributed by atoms with Crippen molar-refractivity contribution < 1.29 is 14.3 Å². The zero-order valence-corrected chi connectivity index (χ0v) is 14.6. The SMILES string of the molecule is COCCNC(=O)[C@H]1C[C@@H]2CCN(Cc3csc(C)n3)C[C@@H]2O1. The lowest BCUT2D eigenvalue weighted by atomic mass is 9.91. The second-order valence-corrected chi connectivity index (χ2v) is 7.39. The number of thiazole rings is 1. The van der Waals surface area contributed by atoms with E-state index in [9.17, 15) is 4.79 Å². The highest BCUT2D eigenvalue weighted by Gasteiger charge is 2.41. The molecule has 3 atom stereocenters. The third-order valence-corrected chi connectivity index (χ3v) is 5.41. The van der Waals surface area contributed by atoms with E-state index in [-0.39, 0.29) is 18.1 Å². The van der Waals surface area contributed by atoms with E-state index in [1.165, 1.54) is 0 Å². The summed E-state index contributed by atoms with van der Waals surface area (Å²) in [7, 11) is 1.63. The molecule has 128 valence electrons. The largest absolute Gasteiger partial charge is 0.383 e. The fourth-order valence-corrected chi connectivity index (χ4v) is 4.01. The number of amides is 1. The van der Waals surface area contributed by atoms with Gasteiger partial charge < -0.3 is 14.8 Å². The van der Waals surface area contributed by atoms with Crippen LogP contribution in [-0.2, 0) is 20.8 Å². The summed E-state index contributed by atoms with van der Waals surface area (Å²) in [5.74, 6) is 0.500. The summed E-state index contributed by atoms with van der Waals surface area (Å²) in [6, 6.07) is 0. The first kappa shape index (κ1) is 16.8. The highest BCUT2D eigenvalue weighted by Crippen LogP contribution is 2.33. The van der Waals surface area contributed by atoms with E-state index in [2.05, 4.69) is 20.6 Å². The van der Waals surface area contributed by atoms with Crippen LogP contribution in [0.2, 0.25) is 0 Å². The molecular weight excluding hydrogens is 314 g/mol. The summed E-state index contributed by atoms with van der Waals surface area (Å²) < 4.78 is 11.0. The fraction of sp³-hybridized carbons (Fsp3) is 0.750. The molecule has 1 N–H and O–H groups in total. The first-order valence-corrected chi connectivity index (χ1v) is 9.09. The lowest BCUT2D eigenvalue weighted by Gasteiger charge is -2.33. The summed E-state index contributed by atoms with van der Waals surface area (Å²) in [5, 5.41) is 6.12. The average molecular weight is 339 g/mol. The Morgan fingerprint density at radius 2 is 2.48 bits per heavy atom. The van der Waals surface area contributed by atoms with Crippen molar-refractivity contribution in [3.8, 4) is 0 Å². The Bertz CT molecular complexity index is 536. The van der Waals surface area contributed by atoms with Crippen molar-refractivity contribution in [2.45, 2.75) is 38.5 Å². The van der Waals surface area contributed by atoms with Crippen LogP contribution in [0.4, 0.5) is 0 Å². The van der Waals surface area contributed by atoms with Crippen LogP contribution in [0.1, 0.15) is 23.5 Å². The Hall–Kier alpha value is -1.02. The molecule has 1 aromatic rings. The Morgan fingerprint density at radius 3 is 3.22 bits per heavy atom. The van der Waals surface area contributed by atoms with Gasteiger partial charge in [0.15, 0.2) is 0 Å². The van der Waals surface area contributed by atoms with Crippen LogP contribution in [0.5, 0.6) is 0 Å². The van der Waals surface area contributed by atoms with Gasteiger partial charge in [0.2, 0.25) is 5.91 Å². The molecule has 1 aromatic heterocycles. The monoisotopic (exact) mass is 339 g/mol. The molecule has 23 heavy (non-hydrogen) atoms. The Kier molecular flexibility index (Phi) is 5.63. The number of carbonyl (C=O) groups excluding carboxylic acids is 1. The van der Waals surface area contributed by atoms with Crippen LogP contribution < -0.4 is 5.32 Å². The van der Waals surface area contributed by atoms with E-state index >= 15 is 0 Å². The maximum atomic E-state index is 12.1. The molecule has 1 amide bonds. The van der Waals surface area contributed by atoms with Gasteiger partial charge >= 0.3 is 0 Å². The molecule has 0 unspecified atom stereocenters. The molecule has 2 aliphatic heterocycles. The van der Waals surface area contributed by atoms with Crippen LogP contribution >= 0.6 is 11.3 Å². The van der Waals surface area contributed by atoms with Gasteiger partial charge in [-0.2, -0.15) is 0 Å². The Balaban J connectivity index is 1.48. The molecule has 2 saturated heterocycles. The predicted molar refractivity (Wildman–Crippen MR) is 88.4 cm³/mol. The minimum absolute atomic E-state index is 0.00174. The fourth-order valence-electron chi connectivity index (χ4n) is 3.41. The zero-order chi connectivity index (χ0) is 16.2. The molecule has 3 heterocycles. The van der Waals surface area contributed by atoms with Crippen molar-refractivity contribution in [2.24, 2.45) is 5.92 Å². The number of carbonyl (C=O) groups is 1. The Morgan fingerprint density at radius 1 is 1.61 bits per heavy atom. The number of nitrogens with zero attached hydrogens (tertiary/aromatic N) is 2. The molecular formula is C16H25N3O3S. The van der Waals surface area contributed by atoms with Gasteiger partial charge in [-0.15, -0.1) is 11.3 Å². The molecule has 7 heteroatoms. The summed E-state index contributed by atoms with van der Waals surface area (Å²) in [6.45, 7) is 5.93. The van der Waals surface area contributed by atoms with E-state index < -0.39 is 0 Å². The van der Waals surface area contributed by atoms with Crippen LogP contribution in [0, 0.1) is 12.8 Å². The summed E-state index contributed by atoms with van der Waals surface area (Å²) in [5.41, 5.74) is 1.14. The summed E-state index contributed by atoms with van der Waals surface area (Å²) in [4.78, 5) is 19.1. The quantitative estimate of drug-likeness (QED) is 0.789. The highest BCUT2D eigenvalue weighted by atomic mass is 32.1. The number of hydrogen-bond donors (Lipinski definition) is 1. The number of hydrogen-bond acceptors (Lipinski definition) is 6. The molecule has 6 nitrogen and oxygen atoms in total. The summed E-state index contributed by atoms with van der Waals surface area (Å²) in [6.07, 6.45) is 1.80. The van der Waals surface area contributed by atoms with Crippen molar-refractivity contribution in [1.82, 2.24) is 15.2 Å². The minimum atomic E-state index is -0.302. The van der Waals surface area contributed by atoms with E-state index in [0.717, 1.165) is 43.2 Å². The van der Waals surface area contributed by atoms with Crippen molar-refractivity contribution >= 4 is 17.2 Å². The molecule has 0 aromatic carbocycles. The highest BCUT2D eigenvalue weighted by molar-refractivity contribution is 7.09. The molecule has 2 fully saturated rings.